The lowest BCUT2D eigenvalue weighted by atomic mass is 10.1. The number of carbonyl (C=O) groups is 1. The van der Waals surface area contributed by atoms with Gasteiger partial charge in [-0.25, -0.2) is 9.78 Å². The zero-order valence-corrected chi connectivity index (χ0v) is 15.1. The molecular weight excluding hydrogens is 314 g/mol. The zero-order chi connectivity index (χ0) is 16.9. The van der Waals surface area contributed by atoms with Gasteiger partial charge in [-0.1, -0.05) is 0 Å². The summed E-state index contributed by atoms with van der Waals surface area (Å²) in [6.07, 6.45) is 6.92. The highest BCUT2D eigenvalue weighted by Crippen LogP contribution is 2.20. The van der Waals surface area contributed by atoms with Crippen molar-refractivity contribution in [2.24, 2.45) is 0 Å². The molecule has 1 aromatic rings. The fourth-order valence-electron chi connectivity index (χ4n) is 2.39. The van der Waals surface area contributed by atoms with Crippen LogP contribution in [-0.4, -0.2) is 52.0 Å². The van der Waals surface area contributed by atoms with Crippen molar-refractivity contribution in [2.45, 2.75) is 57.0 Å². The number of hydrogen-bond donors (Lipinski definition) is 0. The quantitative estimate of drug-likeness (QED) is 0.785. The van der Waals surface area contributed by atoms with E-state index in [2.05, 4.69) is 9.97 Å². The van der Waals surface area contributed by atoms with Crippen LogP contribution in [-0.2, 0) is 16.1 Å². The Morgan fingerprint density at radius 1 is 1.39 bits per heavy atom. The molecule has 1 amide bonds. The van der Waals surface area contributed by atoms with E-state index < -0.39 is 5.60 Å². The van der Waals surface area contributed by atoms with Crippen LogP contribution >= 0.6 is 11.8 Å². The number of nitrogens with zero attached hydrogens (tertiary/aromatic N) is 3. The van der Waals surface area contributed by atoms with Crippen LogP contribution in [0.2, 0.25) is 0 Å². The fourth-order valence-corrected chi connectivity index (χ4v) is 2.90. The van der Waals surface area contributed by atoms with Gasteiger partial charge in [0.15, 0.2) is 0 Å². The molecule has 128 valence electrons. The van der Waals surface area contributed by atoms with Crippen molar-refractivity contribution in [1.29, 1.82) is 0 Å². The van der Waals surface area contributed by atoms with Crippen molar-refractivity contribution in [3.8, 4) is 0 Å². The third kappa shape index (κ3) is 5.66. The molecule has 1 aliphatic rings. The minimum absolute atomic E-state index is 0.00739. The minimum Gasteiger partial charge on any atom is -0.444 e. The number of carbonyl (C=O) groups excluding carboxylic acids is 1. The zero-order valence-electron chi connectivity index (χ0n) is 14.2. The second kappa shape index (κ2) is 7.97. The lowest BCUT2D eigenvalue weighted by Gasteiger charge is -2.34. The van der Waals surface area contributed by atoms with E-state index >= 15 is 0 Å². The Morgan fingerprint density at radius 2 is 2.13 bits per heavy atom. The molecule has 6 nitrogen and oxygen atoms in total. The Kier molecular flexibility index (Phi) is 6.24. The molecule has 2 rings (SSSR count). The lowest BCUT2D eigenvalue weighted by Crippen LogP contribution is -2.45. The third-order valence-electron chi connectivity index (χ3n) is 3.41. The van der Waals surface area contributed by atoms with Crippen LogP contribution in [0.5, 0.6) is 0 Å². The Balaban J connectivity index is 1.88. The molecule has 23 heavy (non-hydrogen) atoms. The van der Waals surface area contributed by atoms with Gasteiger partial charge in [0.25, 0.3) is 0 Å². The Bertz CT molecular complexity index is 534. The number of ether oxygens (including phenoxy) is 2. The van der Waals surface area contributed by atoms with Gasteiger partial charge in [0.05, 0.1) is 24.9 Å². The molecule has 2 heterocycles. The van der Waals surface area contributed by atoms with E-state index in [1.54, 1.807) is 29.1 Å². The van der Waals surface area contributed by atoms with Crippen LogP contribution < -0.4 is 0 Å². The molecule has 1 aliphatic heterocycles. The topological polar surface area (TPSA) is 64.6 Å². The third-order valence-corrected chi connectivity index (χ3v) is 4.14. The van der Waals surface area contributed by atoms with Crippen molar-refractivity contribution in [2.75, 3.05) is 19.3 Å². The van der Waals surface area contributed by atoms with Crippen molar-refractivity contribution >= 4 is 17.9 Å². The molecule has 0 aliphatic carbocycles. The van der Waals surface area contributed by atoms with Crippen molar-refractivity contribution in [3.63, 3.8) is 0 Å². The number of hydrogen-bond acceptors (Lipinski definition) is 6. The van der Waals surface area contributed by atoms with E-state index in [1.807, 2.05) is 27.0 Å². The van der Waals surface area contributed by atoms with Crippen molar-refractivity contribution < 1.29 is 14.3 Å². The van der Waals surface area contributed by atoms with Crippen molar-refractivity contribution in [3.05, 3.63) is 18.1 Å². The number of rotatable bonds is 4. The first-order valence-electron chi connectivity index (χ1n) is 7.82. The summed E-state index contributed by atoms with van der Waals surface area (Å²) >= 11 is 1.56. The lowest BCUT2D eigenvalue weighted by molar-refractivity contribution is -0.0272. The van der Waals surface area contributed by atoms with Gasteiger partial charge in [-0.05, 0) is 39.9 Å². The molecule has 0 aromatic carbocycles. The van der Waals surface area contributed by atoms with Gasteiger partial charge in [0, 0.05) is 18.9 Å². The van der Waals surface area contributed by atoms with Crippen LogP contribution in [0, 0.1) is 0 Å². The highest BCUT2D eigenvalue weighted by molar-refractivity contribution is 7.98. The van der Waals surface area contributed by atoms with Crippen LogP contribution in [0.3, 0.4) is 0 Å². The summed E-state index contributed by atoms with van der Waals surface area (Å²) in [5.41, 5.74) is 0.368. The molecule has 1 aromatic heterocycles. The fraction of sp³-hybridized carbons (Fsp3) is 0.688. The summed E-state index contributed by atoms with van der Waals surface area (Å²) in [5.74, 6) is 0. The van der Waals surface area contributed by atoms with Gasteiger partial charge >= 0.3 is 6.09 Å². The van der Waals surface area contributed by atoms with Gasteiger partial charge in [-0.3, -0.25) is 4.98 Å². The first kappa shape index (κ1) is 18.0. The minimum atomic E-state index is -0.474. The van der Waals surface area contributed by atoms with Gasteiger partial charge in [-0.15, -0.1) is 11.8 Å². The van der Waals surface area contributed by atoms with E-state index in [4.69, 9.17) is 9.47 Å². The smallest absolute Gasteiger partial charge is 0.410 e. The first-order chi connectivity index (χ1) is 10.9. The standard InChI is InChI=1S/C16H25N3O3S/c1-16(2,3)22-15(20)19-9-5-6-12(10-19)21-11-13-14(23-4)18-8-7-17-13/h7-8,12H,5-6,9-11H2,1-4H3. The predicted molar refractivity (Wildman–Crippen MR) is 89.4 cm³/mol. The highest BCUT2D eigenvalue weighted by Gasteiger charge is 2.28. The number of piperidine rings is 1. The average molecular weight is 339 g/mol. The van der Waals surface area contributed by atoms with E-state index in [-0.39, 0.29) is 12.2 Å². The first-order valence-corrected chi connectivity index (χ1v) is 9.05. The van der Waals surface area contributed by atoms with Crippen LogP contribution in [0.25, 0.3) is 0 Å². The second-order valence-corrected chi connectivity index (χ2v) is 7.31. The highest BCUT2D eigenvalue weighted by atomic mass is 32.2. The van der Waals surface area contributed by atoms with Gasteiger partial charge in [0.2, 0.25) is 0 Å². The summed E-state index contributed by atoms with van der Waals surface area (Å²) in [6, 6.07) is 0. The van der Waals surface area contributed by atoms with E-state index in [0.29, 0.717) is 13.2 Å². The van der Waals surface area contributed by atoms with E-state index in [1.165, 1.54) is 0 Å². The predicted octanol–water partition coefficient (Wildman–Crippen LogP) is 3.11. The molecule has 1 saturated heterocycles. The normalized spacial score (nSPS) is 18.8. The molecule has 0 N–H and O–H groups in total. The van der Waals surface area contributed by atoms with Gasteiger partial charge in [-0.2, -0.15) is 0 Å². The Hall–Kier alpha value is -1.34. The Morgan fingerprint density at radius 3 is 2.83 bits per heavy atom. The average Bonchev–Trinajstić information content (AvgIpc) is 2.52. The van der Waals surface area contributed by atoms with Crippen LogP contribution in [0.1, 0.15) is 39.3 Å². The largest absolute Gasteiger partial charge is 0.444 e. The van der Waals surface area contributed by atoms with Gasteiger partial charge < -0.3 is 14.4 Å². The van der Waals surface area contributed by atoms with Crippen LogP contribution in [0.15, 0.2) is 17.4 Å². The molecule has 0 bridgehead atoms. The molecular formula is C16H25N3O3S. The molecule has 0 radical (unpaired) electrons. The maximum absolute atomic E-state index is 12.2. The summed E-state index contributed by atoms with van der Waals surface area (Å²) in [6.45, 7) is 7.32. The molecule has 1 atom stereocenters. The molecule has 1 fully saturated rings. The van der Waals surface area contributed by atoms with Crippen LogP contribution in [0.4, 0.5) is 4.79 Å². The second-order valence-electron chi connectivity index (χ2n) is 6.51. The SMILES string of the molecule is CSc1nccnc1COC1CCCN(C(=O)OC(C)(C)C)C1. The summed E-state index contributed by atoms with van der Waals surface area (Å²) in [7, 11) is 0. The van der Waals surface area contributed by atoms with E-state index in [9.17, 15) is 4.79 Å². The molecule has 0 saturated carbocycles. The number of amides is 1. The summed E-state index contributed by atoms with van der Waals surface area (Å²) in [4.78, 5) is 22.5. The number of aromatic nitrogens is 2. The molecule has 7 heteroatoms. The van der Waals surface area contributed by atoms with Gasteiger partial charge in [0.1, 0.15) is 10.6 Å². The number of thioether (sulfide) groups is 1. The molecule has 1 unspecified atom stereocenters. The summed E-state index contributed by atoms with van der Waals surface area (Å²) < 4.78 is 11.4. The summed E-state index contributed by atoms with van der Waals surface area (Å²) in [5, 5.41) is 0.882. The maximum atomic E-state index is 12.2. The van der Waals surface area contributed by atoms with Crippen molar-refractivity contribution in [1.82, 2.24) is 14.9 Å². The molecule has 0 spiro atoms. The Labute approximate surface area is 142 Å². The maximum Gasteiger partial charge on any atom is 0.410 e. The monoisotopic (exact) mass is 339 g/mol. The number of likely N-dealkylation sites (tertiary alicyclic amines) is 1. The van der Waals surface area contributed by atoms with E-state index in [0.717, 1.165) is 30.1 Å².